The number of amides is 2. The summed E-state index contributed by atoms with van der Waals surface area (Å²) in [6.07, 6.45) is 0. The molecule has 0 aliphatic carbocycles. The molecular formula is C22H25N5O3S. The van der Waals surface area contributed by atoms with Crippen molar-refractivity contribution in [2.45, 2.75) is 31.6 Å². The maximum Gasteiger partial charge on any atom is 0.251 e. The highest BCUT2D eigenvalue weighted by atomic mass is 32.2. The average molecular weight is 440 g/mol. The molecule has 0 saturated heterocycles. The van der Waals surface area contributed by atoms with Crippen molar-refractivity contribution in [3.63, 3.8) is 0 Å². The molecule has 1 atom stereocenters. The first kappa shape index (κ1) is 22.4. The Morgan fingerprint density at radius 3 is 2.61 bits per heavy atom. The van der Waals surface area contributed by atoms with Crippen LogP contribution in [-0.2, 0) is 11.3 Å². The van der Waals surface area contributed by atoms with E-state index in [1.165, 1.54) is 11.8 Å². The van der Waals surface area contributed by atoms with E-state index in [1.54, 1.807) is 31.4 Å². The molecule has 0 aliphatic heterocycles. The molecule has 2 amide bonds. The van der Waals surface area contributed by atoms with E-state index in [2.05, 4.69) is 20.8 Å². The molecule has 9 heteroatoms. The molecule has 0 spiro atoms. The predicted octanol–water partition coefficient (Wildman–Crippen LogP) is 3.53. The van der Waals surface area contributed by atoms with Gasteiger partial charge in [-0.25, -0.2) is 0 Å². The van der Waals surface area contributed by atoms with E-state index in [4.69, 9.17) is 4.74 Å². The van der Waals surface area contributed by atoms with E-state index in [0.29, 0.717) is 34.5 Å². The molecule has 162 valence electrons. The Hall–Kier alpha value is -3.33. The van der Waals surface area contributed by atoms with Crippen molar-refractivity contribution in [2.75, 3.05) is 18.2 Å². The molecule has 0 fully saturated rings. The van der Waals surface area contributed by atoms with Gasteiger partial charge in [0.25, 0.3) is 5.91 Å². The minimum Gasteiger partial charge on any atom is -0.497 e. The highest BCUT2D eigenvalue weighted by Gasteiger charge is 2.20. The monoisotopic (exact) mass is 439 g/mol. The fraction of sp³-hybridized carbons (Fsp3) is 0.273. The third-order valence-corrected chi connectivity index (χ3v) is 5.49. The van der Waals surface area contributed by atoms with Gasteiger partial charge < -0.3 is 19.9 Å². The van der Waals surface area contributed by atoms with Crippen LogP contribution >= 0.6 is 11.8 Å². The molecular weight excluding hydrogens is 414 g/mol. The third-order valence-electron chi connectivity index (χ3n) is 4.52. The van der Waals surface area contributed by atoms with Crippen molar-refractivity contribution in [3.8, 4) is 5.75 Å². The van der Waals surface area contributed by atoms with Crippen LogP contribution in [0.15, 0.2) is 59.8 Å². The van der Waals surface area contributed by atoms with Gasteiger partial charge in [0.2, 0.25) is 5.91 Å². The number of carbonyl (C=O) groups excluding carboxylic acids is 2. The Morgan fingerprint density at radius 1 is 1.13 bits per heavy atom. The standard InChI is InChI=1S/C22H25N5O3S/c1-4-27-20(15(2)23-21(29)16-9-6-5-7-10-16)25-26-22(27)31-14-19(28)24-17-11-8-12-18(13-17)30-3/h5-13,15H,4,14H2,1-3H3,(H,23,29)(H,24,28). The van der Waals surface area contributed by atoms with E-state index in [1.807, 2.05) is 48.7 Å². The van der Waals surface area contributed by atoms with E-state index < -0.39 is 0 Å². The number of hydrogen-bond acceptors (Lipinski definition) is 6. The lowest BCUT2D eigenvalue weighted by atomic mass is 10.2. The highest BCUT2D eigenvalue weighted by molar-refractivity contribution is 7.99. The summed E-state index contributed by atoms with van der Waals surface area (Å²) in [6, 6.07) is 15.9. The van der Waals surface area contributed by atoms with Crippen molar-refractivity contribution >= 4 is 29.3 Å². The number of hydrogen-bond donors (Lipinski definition) is 2. The van der Waals surface area contributed by atoms with Crippen molar-refractivity contribution in [1.82, 2.24) is 20.1 Å². The van der Waals surface area contributed by atoms with Crippen LogP contribution < -0.4 is 15.4 Å². The second-order valence-corrected chi connectivity index (χ2v) is 7.66. The molecule has 0 bridgehead atoms. The summed E-state index contributed by atoms with van der Waals surface area (Å²) in [7, 11) is 1.58. The number of thioether (sulfide) groups is 1. The second-order valence-electron chi connectivity index (χ2n) is 6.72. The van der Waals surface area contributed by atoms with Crippen LogP contribution in [0.2, 0.25) is 0 Å². The molecule has 3 aromatic rings. The average Bonchev–Trinajstić information content (AvgIpc) is 3.21. The minimum atomic E-state index is -0.333. The van der Waals surface area contributed by atoms with E-state index in [0.717, 1.165) is 0 Å². The summed E-state index contributed by atoms with van der Waals surface area (Å²) in [5.41, 5.74) is 1.25. The number of methoxy groups -OCH3 is 1. The molecule has 3 rings (SSSR count). The van der Waals surface area contributed by atoms with Crippen LogP contribution in [0.1, 0.15) is 36.1 Å². The van der Waals surface area contributed by atoms with Gasteiger partial charge in [0.05, 0.1) is 18.9 Å². The Morgan fingerprint density at radius 2 is 1.90 bits per heavy atom. The van der Waals surface area contributed by atoms with Crippen LogP contribution in [0.4, 0.5) is 5.69 Å². The summed E-state index contributed by atoms with van der Waals surface area (Å²) in [5.74, 6) is 1.16. The largest absolute Gasteiger partial charge is 0.497 e. The SMILES string of the molecule is CCn1c(SCC(=O)Nc2cccc(OC)c2)nnc1C(C)NC(=O)c1ccccc1. The Labute approximate surface area is 185 Å². The van der Waals surface area contributed by atoms with Gasteiger partial charge in [-0.15, -0.1) is 10.2 Å². The lowest BCUT2D eigenvalue weighted by Crippen LogP contribution is -2.28. The van der Waals surface area contributed by atoms with Crippen LogP contribution in [0.3, 0.4) is 0 Å². The van der Waals surface area contributed by atoms with Gasteiger partial charge in [-0.3, -0.25) is 9.59 Å². The van der Waals surface area contributed by atoms with Crippen LogP contribution in [-0.4, -0.2) is 39.4 Å². The molecule has 0 saturated carbocycles. The topological polar surface area (TPSA) is 98.1 Å². The van der Waals surface area contributed by atoms with Crippen molar-refractivity contribution in [3.05, 3.63) is 66.0 Å². The molecule has 2 N–H and O–H groups in total. The van der Waals surface area contributed by atoms with Gasteiger partial charge >= 0.3 is 0 Å². The number of nitrogens with zero attached hydrogens (tertiary/aromatic N) is 3. The highest BCUT2D eigenvalue weighted by Crippen LogP contribution is 2.22. The predicted molar refractivity (Wildman–Crippen MR) is 120 cm³/mol. The number of anilines is 1. The van der Waals surface area contributed by atoms with Crippen LogP contribution in [0.5, 0.6) is 5.75 Å². The second kappa shape index (κ2) is 10.6. The van der Waals surface area contributed by atoms with Crippen molar-refractivity contribution in [1.29, 1.82) is 0 Å². The van der Waals surface area contributed by atoms with Gasteiger partial charge in [0.1, 0.15) is 5.75 Å². The lowest BCUT2D eigenvalue weighted by molar-refractivity contribution is -0.113. The first-order valence-electron chi connectivity index (χ1n) is 9.87. The fourth-order valence-corrected chi connectivity index (χ4v) is 3.80. The Bertz CT molecular complexity index is 1040. The number of ether oxygens (including phenoxy) is 1. The van der Waals surface area contributed by atoms with Gasteiger partial charge in [0, 0.05) is 23.9 Å². The molecule has 1 aromatic heterocycles. The molecule has 0 radical (unpaired) electrons. The minimum absolute atomic E-state index is 0.157. The quantitative estimate of drug-likeness (QED) is 0.495. The molecule has 1 heterocycles. The molecule has 0 aliphatic rings. The van der Waals surface area contributed by atoms with Crippen molar-refractivity contribution in [2.24, 2.45) is 0 Å². The zero-order valence-electron chi connectivity index (χ0n) is 17.7. The summed E-state index contributed by atoms with van der Waals surface area (Å²) >= 11 is 1.30. The lowest BCUT2D eigenvalue weighted by Gasteiger charge is -2.15. The number of carbonyl (C=O) groups is 2. The number of rotatable bonds is 9. The Kier molecular flexibility index (Phi) is 7.66. The summed E-state index contributed by atoms with van der Waals surface area (Å²) in [5, 5.41) is 14.9. The number of aromatic nitrogens is 3. The first-order valence-corrected chi connectivity index (χ1v) is 10.9. The normalized spacial score (nSPS) is 11.6. The van der Waals surface area contributed by atoms with E-state index in [-0.39, 0.29) is 23.6 Å². The summed E-state index contributed by atoms with van der Waals surface area (Å²) in [4.78, 5) is 24.8. The number of benzene rings is 2. The van der Waals surface area contributed by atoms with Crippen molar-refractivity contribution < 1.29 is 14.3 Å². The molecule has 2 aromatic carbocycles. The number of nitrogens with one attached hydrogen (secondary N) is 2. The smallest absolute Gasteiger partial charge is 0.251 e. The fourth-order valence-electron chi connectivity index (χ4n) is 2.99. The summed E-state index contributed by atoms with van der Waals surface area (Å²) in [6.45, 7) is 4.45. The van der Waals surface area contributed by atoms with E-state index in [9.17, 15) is 9.59 Å². The van der Waals surface area contributed by atoms with Crippen LogP contribution in [0.25, 0.3) is 0 Å². The zero-order valence-corrected chi connectivity index (χ0v) is 18.5. The van der Waals surface area contributed by atoms with Gasteiger partial charge in [0.15, 0.2) is 11.0 Å². The van der Waals surface area contributed by atoms with Crippen LogP contribution in [0, 0.1) is 0 Å². The maximum atomic E-state index is 12.4. The molecule has 31 heavy (non-hydrogen) atoms. The Balaban J connectivity index is 1.61. The zero-order chi connectivity index (χ0) is 22.2. The van der Waals surface area contributed by atoms with E-state index >= 15 is 0 Å². The van der Waals surface area contributed by atoms with Gasteiger partial charge in [-0.1, -0.05) is 36.0 Å². The molecule has 8 nitrogen and oxygen atoms in total. The third kappa shape index (κ3) is 5.85. The maximum absolute atomic E-state index is 12.4. The van der Waals surface area contributed by atoms with Gasteiger partial charge in [-0.2, -0.15) is 0 Å². The molecule has 1 unspecified atom stereocenters. The summed E-state index contributed by atoms with van der Waals surface area (Å²) < 4.78 is 7.07. The van der Waals surface area contributed by atoms with Gasteiger partial charge in [-0.05, 0) is 38.1 Å². The first-order chi connectivity index (χ1) is 15.0.